The zero-order valence-electron chi connectivity index (χ0n) is 5.75. The second kappa shape index (κ2) is 3.82. The monoisotopic (exact) mass is 250 g/mol. The molecule has 0 unspecified atom stereocenters. The van der Waals surface area contributed by atoms with Crippen molar-refractivity contribution in [1.29, 1.82) is 0 Å². The van der Waals surface area contributed by atoms with Crippen molar-refractivity contribution in [3.63, 3.8) is 0 Å². The molecule has 64 valence electrons. The molecule has 0 saturated heterocycles. The maximum absolute atomic E-state index is 12.5. The number of carboxylic acids is 1. The van der Waals surface area contributed by atoms with Crippen LogP contribution in [-0.4, -0.2) is 11.1 Å². The second-order valence-electron chi connectivity index (χ2n) is 1.96. The summed E-state index contributed by atoms with van der Waals surface area (Å²) in [6.07, 6.45) is 0.984. The summed E-state index contributed by atoms with van der Waals surface area (Å²) in [7, 11) is 0. The van der Waals surface area contributed by atoms with Crippen LogP contribution in [0.5, 0.6) is 0 Å². The van der Waals surface area contributed by atoms with Crippen LogP contribution >= 0.6 is 27.3 Å². The molecular weight excluding hydrogens is 247 g/mol. The number of hydrogen-bond donors (Lipinski definition) is 1. The first-order valence-corrected chi connectivity index (χ1v) is 4.61. The minimum Gasteiger partial charge on any atom is -0.476 e. The lowest BCUT2D eigenvalue weighted by Gasteiger charge is -1.85. The summed E-state index contributed by atoms with van der Waals surface area (Å²) in [6.45, 7) is 0. The van der Waals surface area contributed by atoms with Gasteiger partial charge >= 0.3 is 5.97 Å². The van der Waals surface area contributed by atoms with Crippen LogP contribution in [-0.2, 0) is 4.79 Å². The van der Waals surface area contributed by atoms with Crippen molar-refractivity contribution in [2.75, 3.05) is 0 Å². The lowest BCUT2D eigenvalue weighted by Crippen LogP contribution is -1.93. The van der Waals surface area contributed by atoms with Gasteiger partial charge in [-0.15, -0.1) is 11.3 Å². The Bertz CT molecular complexity index is 332. The highest BCUT2D eigenvalue weighted by atomic mass is 79.9. The molecule has 0 aliphatic carbocycles. The van der Waals surface area contributed by atoms with Crippen molar-refractivity contribution in [2.45, 2.75) is 0 Å². The van der Waals surface area contributed by atoms with Crippen molar-refractivity contribution in [1.82, 2.24) is 0 Å². The van der Waals surface area contributed by atoms with E-state index in [9.17, 15) is 9.18 Å². The van der Waals surface area contributed by atoms with E-state index in [-0.39, 0.29) is 0 Å². The highest BCUT2D eigenvalue weighted by Gasteiger charge is 2.05. The molecule has 1 aromatic rings. The van der Waals surface area contributed by atoms with Crippen molar-refractivity contribution in [3.05, 3.63) is 26.6 Å². The van der Waals surface area contributed by atoms with E-state index in [1.165, 1.54) is 11.3 Å². The number of thiophene rings is 1. The number of carbonyl (C=O) groups is 1. The van der Waals surface area contributed by atoms with Gasteiger partial charge in [0, 0.05) is 14.7 Å². The lowest BCUT2D eigenvalue weighted by atomic mass is 10.4. The van der Waals surface area contributed by atoms with E-state index in [1.807, 2.05) is 0 Å². The predicted molar refractivity (Wildman–Crippen MR) is 48.7 cm³/mol. The van der Waals surface area contributed by atoms with Crippen LogP contribution in [0.25, 0.3) is 6.08 Å². The van der Waals surface area contributed by atoms with Crippen LogP contribution in [0, 0.1) is 0 Å². The summed E-state index contributed by atoms with van der Waals surface area (Å²) < 4.78 is 13.3. The average molecular weight is 251 g/mol. The van der Waals surface area contributed by atoms with Crippen LogP contribution in [0.3, 0.4) is 0 Å². The molecular formula is C7H4BrFO2S. The van der Waals surface area contributed by atoms with Crippen LogP contribution in [0.2, 0.25) is 0 Å². The van der Waals surface area contributed by atoms with E-state index < -0.39 is 11.8 Å². The molecule has 0 bridgehead atoms. The largest absolute Gasteiger partial charge is 0.476 e. The SMILES string of the molecule is O=C(O)C(F)=Cc1cc(Br)cs1. The Labute approximate surface area is 80.5 Å². The highest BCUT2D eigenvalue weighted by Crippen LogP contribution is 2.22. The van der Waals surface area contributed by atoms with Gasteiger partial charge < -0.3 is 5.11 Å². The third-order valence-corrected chi connectivity index (χ3v) is 2.70. The number of rotatable bonds is 2. The molecule has 0 spiro atoms. The Hall–Kier alpha value is -0.680. The van der Waals surface area contributed by atoms with Gasteiger partial charge in [0.25, 0.3) is 0 Å². The third-order valence-electron chi connectivity index (χ3n) is 1.06. The van der Waals surface area contributed by atoms with Gasteiger partial charge in [-0.3, -0.25) is 0 Å². The maximum Gasteiger partial charge on any atom is 0.364 e. The molecule has 12 heavy (non-hydrogen) atoms. The molecule has 0 aliphatic heterocycles. The number of aliphatic carboxylic acids is 1. The fraction of sp³-hybridized carbons (Fsp3) is 0. The van der Waals surface area contributed by atoms with Gasteiger partial charge in [-0.25, -0.2) is 4.79 Å². The summed E-state index contributed by atoms with van der Waals surface area (Å²) in [5, 5.41) is 9.95. The number of halogens is 2. The second-order valence-corrected chi connectivity index (χ2v) is 3.82. The summed E-state index contributed by atoms with van der Waals surface area (Å²) >= 11 is 4.44. The van der Waals surface area contributed by atoms with E-state index in [1.54, 1.807) is 11.4 Å². The van der Waals surface area contributed by atoms with Crippen molar-refractivity contribution in [2.24, 2.45) is 0 Å². The van der Waals surface area contributed by atoms with Crippen molar-refractivity contribution in [3.8, 4) is 0 Å². The topological polar surface area (TPSA) is 37.3 Å². The average Bonchev–Trinajstić information content (AvgIpc) is 2.35. The van der Waals surface area contributed by atoms with Gasteiger partial charge in [-0.05, 0) is 28.1 Å². The molecule has 0 aliphatic rings. The molecule has 1 aromatic heterocycles. The Morgan fingerprint density at radius 1 is 1.75 bits per heavy atom. The standard InChI is InChI=1S/C7H4BrFO2S/c8-4-1-5(12-3-4)2-6(9)7(10)11/h1-3H,(H,10,11). The van der Waals surface area contributed by atoms with Gasteiger partial charge in [0.15, 0.2) is 0 Å². The Balaban J connectivity index is 2.87. The lowest BCUT2D eigenvalue weighted by molar-refractivity contribution is -0.134. The molecule has 1 rings (SSSR count). The molecule has 0 radical (unpaired) electrons. The zero-order chi connectivity index (χ0) is 9.14. The predicted octanol–water partition coefficient (Wildman–Crippen LogP) is 2.91. The normalized spacial score (nSPS) is 11.7. The van der Waals surface area contributed by atoms with Gasteiger partial charge in [0.2, 0.25) is 5.83 Å². The first kappa shape index (κ1) is 9.41. The van der Waals surface area contributed by atoms with Crippen LogP contribution in [0.15, 0.2) is 21.7 Å². The van der Waals surface area contributed by atoms with E-state index in [0.29, 0.717) is 4.88 Å². The number of carboxylic acid groups (broad SMARTS) is 1. The minimum atomic E-state index is -1.54. The summed E-state index contributed by atoms with van der Waals surface area (Å²) in [5.74, 6) is -2.69. The maximum atomic E-state index is 12.5. The van der Waals surface area contributed by atoms with Crippen molar-refractivity contribution < 1.29 is 14.3 Å². The Morgan fingerprint density at radius 2 is 2.42 bits per heavy atom. The Kier molecular flexibility index (Phi) is 2.99. The first-order valence-electron chi connectivity index (χ1n) is 2.94. The van der Waals surface area contributed by atoms with Crippen LogP contribution in [0.4, 0.5) is 4.39 Å². The van der Waals surface area contributed by atoms with Crippen LogP contribution in [0.1, 0.15) is 4.88 Å². The molecule has 0 atom stereocenters. The highest BCUT2D eigenvalue weighted by molar-refractivity contribution is 9.10. The van der Waals surface area contributed by atoms with Gasteiger partial charge in [0.05, 0.1) is 0 Å². The fourth-order valence-electron chi connectivity index (χ4n) is 0.591. The van der Waals surface area contributed by atoms with Crippen LogP contribution < -0.4 is 0 Å². The zero-order valence-corrected chi connectivity index (χ0v) is 8.15. The molecule has 2 nitrogen and oxygen atoms in total. The molecule has 0 aromatic carbocycles. The van der Waals surface area contributed by atoms with Gasteiger partial charge in [-0.1, -0.05) is 0 Å². The quantitative estimate of drug-likeness (QED) is 0.820. The van der Waals surface area contributed by atoms with Gasteiger partial charge in [-0.2, -0.15) is 4.39 Å². The molecule has 0 amide bonds. The molecule has 5 heteroatoms. The van der Waals surface area contributed by atoms with E-state index in [4.69, 9.17) is 5.11 Å². The summed E-state index contributed by atoms with van der Waals surface area (Å²) in [4.78, 5) is 10.6. The molecule has 0 fully saturated rings. The molecule has 1 heterocycles. The molecule has 1 N–H and O–H groups in total. The van der Waals surface area contributed by atoms with Gasteiger partial charge in [0.1, 0.15) is 0 Å². The third kappa shape index (κ3) is 2.42. The van der Waals surface area contributed by atoms with E-state index >= 15 is 0 Å². The summed E-state index contributed by atoms with van der Waals surface area (Å²) in [5.41, 5.74) is 0. The van der Waals surface area contributed by atoms with E-state index in [2.05, 4.69) is 15.9 Å². The smallest absolute Gasteiger partial charge is 0.364 e. The summed E-state index contributed by atoms with van der Waals surface area (Å²) in [6, 6.07) is 1.65. The Morgan fingerprint density at radius 3 is 2.83 bits per heavy atom. The van der Waals surface area contributed by atoms with E-state index in [0.717, 1.165) is 10.5 Å². The molecule has 0 saturated carbocycles. The first-order chi connectivity index (χ1) is 5.59. The fourth-order valence-corrected chi connectivity index (χ4v) is 1.95. The van der Waals surface area contributed by atoms with Crippen molar-refractivity contribution >= 4 is 39.3 Å². The minimum absolute atomic E-state index is 0.571. The number of hydrogen-bond acceptors (Lipinski definition) is 2.